The number of thiophene rings is 1. The molecule has 1 aromatic rings. The Labute approximate surface area is 85.0 Å². The largest absolute Gasteiger partial charge is 0.330 e. The first-order chi connectivity index (χ1) is 6.20. The molecular formula is C11H19NS. The zero-order valence-corrected chi connectivity index (χ0v) is 9.58. The molecule has 1 unspecified atom stereocenters. The van der Waals surface area contributed by atoms with Gasteiger partial charge in [0.05, 0.1) is 0 Å². The van der Waals surface area contributed by atoms with Gasteiger partial charge in [0.25, 0.3) is 0 Å². The van der Waals surface area contributed by atoms with Crippen molar-refractivity contribution >= 4 is 11.3 Å². The zero-order valence-electron chi connectivity index (χ0n) is 8.76. The van der Waals surface area contributed by atoms with E-state index in [1.165, 1.54) is 28.8 Å². The first-order valence-electron chi connectivity index (χ1n) is 4.95. The van der Waals surface area contributed by atoms with E-state index >= 15 is 0 Å². The van der Waals surface area contributed by atoms with Gasteiger partial charge in [-0.05, 0) is 49.2 Å². The van der Waals surface area contributed by atoms with E-state index in [2.05, 4.69) is 26.2 Å². The molecule has 0 radical (unpaired) electrons. The Morgan fingerprint density at radius 2 is 2.15 bits per heavy atom. The van der Waals surface area contributed by atoms with E-state index in [1.807, 2.05) is 11.3 Å². The Morgan fingerprint density at radius 3 is 2.54 bits per heavy atom. The normalized spacial score (nSPS) is 13.2. The molecule has 2 N–H and O–H groups in total. The zero-order chi connectivity index (χ0) is 9.84. The fourth-order valence-electron chi connectivity index (χ4n) is 1.92. The molecule has 74 valence electrons. The molecule has 0 saturated heterocycles. The molecule has 0 spiro atoms. The van der Waals surface area contributed by atoms with Crippen LogP contribution in [0.1, 0.15) is 41.7 Å². The molecule has 0 aliphatic carbocycles. The van der Waals surface area contributed by atoms with E-state index in [1.54, 1.807) is 0 Å². The summed E-state index contributed by atoms with van der Waals surface area (Å²) < 4.78 is 0. The second-order valence-electron chi connectivity index (χ2n) is 3.61. The lowest BCUT2D eigenvalue weighted by molar-refractivity contribution is 0.619. The van der Waals surface area contributed by atoms with Crippen LogP contribution in [0, 0.1) is 13.8 Å². The van der Waals surface area contributed by atoms with Crippen LogP contribution in [0.4, 0.5) is 0 Å². The van der Waals surface area contributed by atoms with Gasteiger partial charge in [0.15, 0.2) is 0 Å². The van der Waals surface area contributed by atoms with Crippen molar-refractivity contribution in [2.45, 2.75) is 39.5 Å². The lowest BCUT2D eigenvalue weighted by Crippen LogP contribution is -2.13. The maximum atomic E-state index is 5.79. The third kappa shape index (κ3) is 2.32. The molecule has 13 heavy (non-hydrogen) atoms. The highest BCUT2D eigenvalue weighted by molar-refractivity contribution is 7.10. The number of aryl methyl sites for hydroxylation is 2. The average molecular weight is 197 g/mol. The van der Waals surface area contributed by atoms with E-state index in [0.29, 0.717) is 5.92 Å². The number of nitrogens with two attached hydrogens (primary N) is 1. The van der Waals surface area contributed by atoms with Crippen molar-refractivity contribution in [2.75, 3.05) is 6.54 Å². The molecule has 0 bridgehead atoms. The Bertz CT molecular complexity index is 246. The van der Waals surface area contributed by atoms with E-state index in [-0.39, 0.29) is 0 Å². The third-order valence-electron chi connectivity index (χ3n) is 2.55. The van der Waals surface area contributed by atoms with Gasteiger partial charge in [-0.1, -0.05) is 13.3 Å². The summed E-state index contributed by atoms with van der Waals surface area (Å²) in [6, 6.07) is 0. The Morgan fingerprint density at radius 1 is 1.46 bits per heavy atom. The highest BCUT2D eigenvalue weighted by Gasteiger charge is 2.14. The molecule has 0 amide bonds. The first kappa shape index (κ1) is 10.7. The van der Waals surface area contributed by atoms with Crippen molar-refractivity contribution in [3.63, 3.8) is 0 Å². The maximum absolute atomic E-state index is 5.79. The smallest absolute Gasteiger partial charge is 0.00522 e. The second kappa shape index (κ2) is 4.77. The van der Waals surface area contributed by atoms with Crippen LogP contribution in [0.25, 0.3) is 0 Å². The SMILES string of the molecule is CCCC(CN)c1c(C)csc1C. The van der Waals surface area contributed by atoms with E-state index in [9.17, 15) is 0 Å². The topological polar surface area (TPSA) is 26.0 Å². The van der Waals surface area contributed by atoms with Crippen LogP contribution in [0.5, 0.6) is 0 Å². The van der Waals surface area contributed by atoms with Crippen LogP contribution in [0.15, 0.2) is 5.38 Å². The predicted molar refractivity (Wildman–Crippen MR) is 60.5 cm³/mol. The molecule has 1 heterocycles. The van der Waals surface area contributed by atoms with Gasteiger partial charge in [-0.25, -0.2) is 0 Å². The van der Waals surface area contributed by atoms with Crippen LogP contribution in [-0.4, -0.2) is 6.54 Å². The van der Waals surface area contributed by atoms with Crippen LogP contribution < -0.4 is 5.73 Å². The van der Waals surface area contributed by atoms with Crippen LogP contribution in [0.3, 0.4) is 0 Å². The number of rotatable bonds is 4. The standard InChI is InChI=1S/C11H19NS/c1-4-5-10(6-12)11-8(2)7-13-9(11)3/h7,10H,4-6,12H2,1-3H3. The summed E-state index contributed by atoms with van der Waals surface area (Å²) in [5, 5.41) is 2.24. The van der Waals surface area contributed by atoms with Crippen molar-refractivity contribution in [1.82, 2.24) is 0 Å². The fourth-order valence-corrected chi connectivity index (χ4v) is 2.85. The molecule has 0 saturated carbocycles. The lowest BCUT2D eigenvalue weighted by Gasteiger charge is -2.15. The first-order valence-corrected chi connectivity index (χ1v) is 5.83. The highest BCUT2D eigenvalue weighted by atomic mass is 32.1. The summed E-state index contributed by atoms with van der Waals surface area (Å²) in [4.78, 5) is 1.45. The van der Waals surface area contributed by atoms with Crippen molar-refractivity contribution in [2.24, 2.45) is 5.73 Å². The summed E-state index contributed by atoms with van der Waals surface area (Å²) in [6.45, 7) is 7.40. The quantitative estimate of drug-likeness (QED) is 0.788. The van der Waals surface area contributed by atoms with Gasteiger partial charge < -0.3 is 5.73 Å². The van der Waals surface area contributed by atoms with Crippen molar-refractivity contribution in [3.8, 4) is 0 Å². The van der Waals surface area contributed by atoms with Gasteiger partial charge in [0.2, 0.25) is 0 Å². The van der Waals surface area contributed by atoms with Gasteiger partial charge in [0, 0.05) is 4.88 Å². The monoisotopic (exact) mass is 197 g/mol. The number of hydrogen-bond donors (Lipinski definition) is 1. The second-order valence-corrected chi connectivity index (χ2v) is 4.69. The minimum Gasteiger partial charge on any atom is -0.330 e. The highest BCUT2D eigenvalue weighted by Crippen LogP contribution is 2.30. The van der Waals surface area contributed by atoms with E-state index < -0.39 is 0 Å². The Balaban J connectivity index is 2.89. The molecular weight excluding hydrogens is 178 g/mol. The summed E-state index contributed by atoms with van der Waals surface area (Å²) in [5.41, 5.74) is 8.72. The summed E-state index contributed by atoms with van der Waals surface area (Å²) >= 11 is 1.85. The maximum Gasteiger partial charge on any atom is 0.00522 e. The van der Waals surface area contributed by atoms with Crippen molar-refractivity contribution < 1.29 is 0 Å². The molecule has 1 nitrogen and oxygen atoms in total. The van der Waals surface area contributed by atoms with Gasteiger partial charge >= 0.3 is 0 Å². The molecule has 1 rings (SSSR count). The van der Waals surface area contributed by atoms with E-state index in [0.717, 1.165) is 6.54 Å². The molecule has 0 aromatic carbocycles. The molecule has 0 fully saturated rings. The minimum atomic E-state index is 0.580. The Hall–Kier alpha value is -0.340. The van der Waals surface area contributed by atoms with Gasteiger partial charge in [-0.3, -0.25) is 0 Å². The summed E-state index contributed by atoms with van der Waals surface area (Å²) in [7, 11) is 0. The summed E-state index contributed by atoms with van der Waals surface area (Å²) in [5.74, 6) is 0.580. The fraction of sp³-hybridized carbons (Fsp3) is 0.636. The van der Waals surface area contributed by atoms with Gasteiger partial charge in [-0.15, -0.1) is 11.3 Å². The van der Waals surface area contributed by atoms with E-state index in [4.69, 9.17) is 5.73 Å². The molecule has 1 atom stereocenters. The molecule has 2 heteroatoms. The lowest BCUT2D eigenvalue weighted by atomic mass is 9.92. The van der Waals surface area contributed by atoms with Crippen LogP contribution in [-0.2, 0) is 0 Å². The van der Waals surface area contributed by atoms with Gasteiger partial charge in [0.1, 0.15) is 0 Å². The van der Waals surface area contributed by atoms with Crippen LogP contribution >= 0.6 is 11.3 Å². The average Bonchev–Trinajstić information content (AvgIpc) is 2.43. The third-order valence-corrected chi connectivity index (χ3v) is 3.59. The molecule has 1 aromatic heterocycles. The molecule has 0 aliphatic heterocycles. The predicted octanol–water partition coefficient (Wildman–Crippen LogP) is 3.21. The minimum absolute atomic E-state index is 0.580. The number of hydrogen-bond acceptors (Lipinski definition) is 2. The summed E-state index contributed by atoms with van der Waals surface area (Å²) in [6.07, 6.45) is 2.44. The van der Waals surface area contributed by atoms with Gasteiger partial charge in [-0.2, -0.15) is 0 Å². The molecule has 0 aliphatic rings. The van der Waals surface area contributed by atoms with Crippen molar-refractivity contribution in [3.05, 3.63) is 21.4 Å². The van der Waals surface area contributed by atoms with Crippen LogP contribution in [0.2, 0.25) is 0 Å². The van der Waals surface area contributed by atoms with Crippen molar-refractivity contribution in [1.29, 1.82) is 0 Å². The Kier molecular flexibility index (Phi) is 3.94.